The Bertz CT molecular complexity index is 1160. The highest BCUT2D eigenvalue weighted by atomic mass is 35.5. The van der Waals surface area contributed by atoms with E-state index < -0.39 is 46.9 Å². The monoisotopic (exact) mass is 578 g/mol. The molecule has 1 amide bonds. The van der Waals surface area contributed by atoms with Crippen LogP contribution in [0.4, 0.5) is 17.6 Å². The molecule has 0 saturated heterocycles. The molecule has 0 aliphatic heterocycles. The molecule has 0 radical (unpaired) electrons. The van der Waals surface area contributed by atoms with Crippen LogP contribution in [-0.4, -0.2) is 55.4 Å². The maximum absolute atomic E-state index is 15.5. The van der Waals surface area contributed by atoms with Gasteiger partial charge in [-0.2, -0.15) is 18.3 Å². The molecule has 4 rings (SSSR count). The normalized spacial score (nSPS) is 21.4. The average molecular weight is 579 g/mol. The quantitative estimate of drug-likeness (QED) is 0.367. The number of hydrogen-bond acceptors (Lipinski definition) is 4. The number of carboxylic acids is 1. The highest BCUT2D eigenvalue weighted by Gasteiger charge is 2.44. The van der Waals surface area contributed by atoms with E-state index in [9.17, 15) is 27.9 Å². The standard InChI is InChI=1S/C25H28Cl2F4N4O3/c26-19-12-32-13-20(27)17(19)7-10-34(14-24(28)8-1-2-9-24)22(36)18-11-33-35(21(18)25(29,30)31)16-5-3-15(4-6-16)23(37)38/h11-13,15-16H,1-10,14H2,(H,37,38)/t15-,16+. The molecule has 0 unspecified atom stereocenters. The minimum Gasteiger partial charge on any atom is -0.481 e. The van der Waals surface area contributed by atoms with E-state index in [4.69, 9.17) is 23.2 Å². The fourth-order valence-electron chi connectivity index (χ4n) is 5.50. The zero-order chi connectivity index (χ0) is 27.7. The van der Waals surface area contributed by atoms with Gasteiger partial charge in [0.15, 0.2) is 5.69 Å². The average Bonchev–Trinajstić information content (AvgIpc) is 3.49. The Balaban J connectivity index is 1.64. The molecule has 2 heterocycles. The third-order valence-electron chi connectivity index (χ3n) is 7.53. The van der Waals surface area contributed by atoms with Crippen molar-refractivity contribution in [2.75, 3.05) is 13.1 Å². The minimum atomic E-state index is -4.91. The molecule has 2 aromatic rings. The summed E-state index contributed by atoms with van der Waals surface area (Å²) in [5.41, 5.74) is -3.11. The molecule has 7 nitrogen and oxygen atoms in total. The lowest BCUT2D eigenvalue weighted by atomic mass is 9.86. The van der Waals surface area contributed by atoms with Crippen LogP contribution >= 0.6 is 23.2 Å². The van der Waals surface area contributed by atoms with Crippen LogP contribution in [-0.2, 0) is 17.4 Å². The van der Waals surface area contributed by atoms with Gasteiger partial charge in [-0.15, -0.1) is 0 Å². The molecule has 0 atom stereocenters. The van der Waals surface area contributed by atoms with Gasteiger partial charge in [-0.3, -0.25) is 19.3 Å². The summed E-state index contributed by atoms with van der Waals surface area (Å²) < 4.78 is 59.3. The van der Waals surface area contributed by atoms with E-state index in [1.165, 1.54) is 12.4 Å². The van der Waals surface area contributed by atoms with Crippen LogP contribution in [0.5, 0.6) is 0 Å². The molecule has 38 heavy (non-hydrogen) atoms. The molecule has 2 aliphatic carbocycles. The van der Waals surface area contributed by atoms with Crippen molar-refractivity contribution in [1.82, 2.24) is 19.7 Å². The number of carbonyl (C=O) groups excluding carboxylic acids is 1. The van der Waals surface area contributed by atoms with Gasteiger partial charge in [0.1, 0.15) is 5.67 Å². The number of carbonyl (C=O) groups is 2. The maximum Gasteiger partial charge on any atom is 0.433 e. The number of halogens is 6. The number of rotatable bonds is 8. The van der Waals surface area contributed by atoms with Gasteiger partial charge in [-0.1, -0.05) is 36.0 Å². The van der Waals surface area contributed by atoms with Crippen molar-refractivity contribution < 1.29 is 32.3 Å². The molecule has 208 valence electrons. The van der Waals surface area contributed by atoms with Crippen molar-refractivity contribution in [3.63, 3.8) is 0 Å². The van der Waals surface area contributed by atoms with Crippen LogP contribution in [0.3, 0.4) is 0 Å². The van der Waals surface area contributed by atoms with Gasteiger partial charge in [0, 0.05) is 18.9 Å². The van der Waals surface area contributed by atoms with Crippen molar-refractivity contribution in [3.8, 4) is 0 Å². The minimum absolute atomic E-state index is 0.0939. The Morgan fingerprint density at radius 3 is 2.24 bits per heavy atom. The summed E-state index contributed by atoms with van der Waals surface area (Å²) in [5.74, 6) is -2.58. The number of nitrogens with zero attached hydrogens (tertiary/aromatic N) is 4. The molecule has 2 saturated carbocycles. The van der Waals surface area contributed by atoms with Crippen molar-refractivity contribution in [2.45, 2.75) is 75.7 Å². The Morgan fingerprint density at radius 1 is 1.08 bits per heavy atom. The van der Waals surface area contributed by atoms with Gasteiger partial charge in [0.2, 0.25) is 0 Å². The smallest absolute Gasteiger partial charge is 0.433 e. The van der Waals surface area contributed by atoms with Crippen LogP contribution in [0, 0.1) is 5.92 Å². The molecule has 2 aromatic heterocycles. The van der Waals surface area contributed by atoms with E-state index in [0.29, 0.717) is 18.4 Å². The second-order valence-corrected chi connectivity index (χ2v) is 10.9. The van der Waals surface area contributed by atoms with E-state index in [-0.39, 0.29) is 68.1 Å². The lowest BCUT2D eigenvalue weighted by Gasteiger charge is -2.31. The van der Waals surface area contributed by atoms with Gasteiger partial charge in [-0.05, 0) is 50.5 Å². The maximum atomic E-state index is 15.5. The fourth-order valence-corrected chi connectivity index (χ4v) is 6.05. The Kier molecular flexibility index (Phi) is 8.56. The summed E-state index contributed by atoms with van der Waals surface area (Å²) in [6.07, 6.45) is 1.29. The van der Waals surface area contributed by atoms with Crippen molar-refractivity contribution in [1.29, 1.82) is 0 Å². The Morgan fingerprint density at radius 2 is 1.68 bits per heavy atom. The zero-order valence-corrected chi connectivity index (χ0v) is 22.0. The molecule has 0 aromatic carbocycles. The van der Waals surface area contributed by atoms with Crippen molar-refractivity contribution in [3.05, 3.63) is 45.5 Å². The predicted octanol–water partition coefficient (Wildman–Crippen LogP) is 6.39. The van der Waals surface area contributed by atoms with E-state index in [0.717, 1.165) is 15.8 Å². The number of hydrogen-bond donors (Lipinski definition) is 1. The van der Waals surface area contributed by atoms with E-state index >= 15 is 4.39 Å². The van der Waals surface area contributed by atoms with Crippen LogP contribution < -0.4 is 0 Å². The molecule has 2 aliphatic rings. The molecule has 0 spiro atoms. The number of amides is 1. The van der Waals surface area contributed by atoms with E-state index in [2.05, 4.69) is 10.1 Å². The fraction of sp³-hybridized carbons (Fsp3) is 0.600. The number of aromatic nitrogens is 3. The van der Waals surface area contributed by atoms with Gasteiger partial charge >= 0.3 is 12.1 Å². The van der Waals surface area contributed by atoms with E-state index in [1.54, 1.807) is 0 Å². The van der Waals surface area contributed by atoms with Gasteiger partial charge < -0.3 is 10.0 Å². The third kappa shape index (κ3) is 6.25. The molecule has 2 fully saturated rings. The first-order chi connectivity index (χ1) is 17.9. The van der Waals surface area contributed by atoms with Gasteiger partial charge in [-0.25, -0.2) is 4.39 Å². The Hall–Kier alpha value is -2.40. The summed E-state index contributed by atoms with van der Waals surface area (Å²) in [4.78, 5) is 29.9. The lowest BCUT2D eigenvalue weighted by molar-refractivity contribution is -0.147. The number of alkyl halides is 4. The summed E-state index contributed by atoms with van der Waals surface area (Å²) in [6, 6.07) is -0.700. The van der Waals surface area contributed by atoms with Gasteiger partial charge in [0.05, 0.1) is 40.3 Å². The van der Waals surface area contributed by atoms with Crippen molar-refractivity contribution >= 4 is 35.1 Å². The number of aliphatic carboxylic acids is 1. The zero-order valence-electron chi connectivity index (χ0n) is 20.5. The Labute approximate surface area is 227 Å². The molecule has 0 bridgehead atoms. The first-order valence-corrected chi connectivity index (χ1v) is 13.3. The summed E-state index contributed by atoms with van der Waals surface area (Å²) in [6.45, 7) is -0.474. The molecule has 13 heteroatoms. The predicted molar refractivity (Wildman–Crippen MR) is 132 cm³/mol. The van der Waals surface area contributed by atoms with Crippen LogP contribution in [0.1, 0.15) is 79.0 Å². The highest BCUT2D eigenvalue weighted by molar-refractivity contribution is 6.35. The first-order valence-electron chi connectivity index (χ1n) is 12.5. The van der Waals surface area contributed by atoms with Crippen LogP contribution in [0.25, 0.3) is 0 Å². The third-order valence-corrected chi connectivity index (χ3v) is 8.18. The van der Waals surface area contributed by atoms with Crippen LogP contribution in [0.2, 0.25) is 10.0 Å². The molecular formula is C25H28Cl2F4N4O3. The lowest BCUT2D eigenvalue weighted by Crippen LogP contribution is -2.43. The largest absolute Gasteiger partial charge is 0.481 e. The van der Waals surface area contributed by atoms with Crippen LogP contribution in [0.15, 0.2) is 18.6 Å². The topological polar surface area (TPSA) is 88.3 Å². The summed E-state index contributed by atoms with van der Waals surface area (Å²) >= 11 is 12.4. The van der Waals surface area contributed by atoms with E-state index in [1.807, 2.05) is 0 Å². The highest BCUT2D eigenvalue weighted by Crippen LogP contribution is 2.40. The summed E-state index contributed by atoms with van der Waals surface area (Å²) in [7, 11) is 0. The second kappa shape index (κ2) is 11.4. The SMILES string of the molecule is O=C(c1cnn([C@H]2CC[C@@H](C(=O)O)CC2)c1C(F)(F)F)N(CCc1c(Cl)cncc1Cl)CC1(F)CCCC1. The number of carboxylic acid groups (broad SMARTS) is 1. The van der Waals surface area contributed by atoms with Crippen molar-refractivity contribution in [2.24, 2.45) is 5.92 Å². The second-order valence-electron chi connectivity index (χ2n) is 10.1. The molecular weight excluding hydrogens is 551 g/mol. The van der Waals surface area contributed by atoms with Gasteiger partial charge in [0.25, 0.3) is 5.91 Å². The first kappa shape index (κ1) is 28.6. The summed E-state index contributed by atoms with van der Waals surface area (Å²) in [5, 5.41) is 13.6. The molecule has 1 N–H and O–H groups in total. The number of pyridine rings is 1.